The number of rotatable bonds is 1. The predicted molar refractivity (Wildman–Crippen MR) is 107 cm³/mol. The molecular weight excluding hydrogens is 320 g/mol. The van der Waals surface area contributed by atoms with Gasteiger partial charge in [-0.15, -0.1) is 0 Å². The fourth-order valence-electron chi connectivity index (χ4n) is 4.07. The Morgan fingerprint density at radius 3 is 2.73 bits per heavy atom. The minimum Gasteiger partial charge on any atom is -0.488 e. The molecule has 0 aromatic heterocycles. The minimum absolute atomic E-state index is 0.301. The van der Waals surface area contributed by atoms with Gasteiger partial charge < -0.3 is 9.47 Å². The number of aryl methyl sites for hydroxylation is 1. The molecular formula is C24H22O2. The summed E-state index contributed by atoms with van der Waals surface area (Å²) >= 11 is 0. The van der Waals surface area contributed by atoms with Crippen molar-refractivity contribution >= 4 is 16.8 Å². The second-order valence-electron chi connectivity index (χ2n) is 7.65. The highest BCUT2D eigenvalue weighted by atomic mass is 16.5. The second-order valence-corrected chi connectivity index (χ2v) is 7.65. The van der Waals surface area contributed by atoms with E-state index in [1.54, 1.807) is 0 Å². The molecule has 3 aromatic carbocycles. The maximum atomic E-state index is 6.42. The molecule has 0 unspecified atom stereocenters. The average Bonchev–Trinajstić information content (AvgIpc) is 2.66. The summed E-state index contributed by atoms with van der Waals surface area (Å²) in [5.41, 5.74) is 5.90. The number of ether oxygens (including phenoxy) is 2. The van der Waals surface area contributed by atoms with Gasteiger partial charge in [-0.25, -0.2) is 0 Å². The van der Waals surface area contributed by atoms with Crippen LogP contribution in [0.15, 0.2) is 48.5 Å². The molecule has 0 bridgehead atoms. The molecule has 130 valence electrons. The lowest BCUT2D eigenvalue weighted by Crippen LogP contribution is -2.28. The molecule has 0 atom stereocenters. The third-order valence-electron chi connectivity index (χ3n) is 5.42. The molecule has 0 saturated carbocycles. The number of para-hydroxylation sites is 1. The van der Waals surface area contributed by atoms with Crippen LogP contribution in [0.25, 0.3) is 28.0 Å². The van der Waals surface area contributed by atoms with E-state index in [2.05, 4.69) is 69.3 Å². The molecule has 0 aliphatic carbocycles. The Balaban J connectivity index is 1.93. The van der Waals surface area contributed by atoms with E-state index >= 15 is 0 Å². The van der Waals surface area contributed by atoms with Crippen molar-refractivity contribution in [1.29, 1.82) is 0 Å². The highest BCUT2D eigenvalue weighted by Gasteiger charge is 2.30. The summed E-state index contributed by atoms with van der Waals surface area (Å²) < 4.78 is 12.5. The summed E-state index contributed by atoms with van der Waals surface area (Å²) in [6.07, 6.45) is 5.37. The van der Waals surface area contributed by atoms with Gasteiger partial charge in [-0.3, -0.25) is 0 Å². The van der Waals surface area contributed by atoms with Crippen LogP contribution >= 0.6 is 0 Å². The lowest BCUT2D eigenvalue weighted by Gasteiger charge is -2.33. The van der Waals surface area contributed by atoms with Crippen LogP contribution in [0.1, 0.15) is 37.5 Å². The molecule has 5 rings (SSSR count). The monoisotopic (exact) mass is 342 g/mol. The predicted octanol–water partition coefficient (Wildman–Crippen LogP) is 6.15. The van der Waals surface area contributed by atoms with Gasteiger partial charge >= 0.3 is 0 Å². The van der Waals surface area contributed by atoms with Crippen molar-refractivity contribution < 1.29 is 9.47 Å². The quantitative estimate of drug-likeness (QED) is 0.528. The van der Waals surface area contributed by atoms with Crippen LogP contribution in [0, 0.1) is 0 Å². The molecule has 0 N–H and O–H groups in total. The molecule has 0 fully saturated rings. The Bertz CT molecular complexity index is 1070. The molecule has 0 saturated heterocycles. The largest absolute Gasteiger partial charge is 0.488 e. The molecule has 0 amide bonds. The molecule has 0 radical (unpaired) electrons. The summed E-state index contributed by atoms with van der Waals surface area (Å²) in [4.78, 5) is 0. The Morgan fingerprint density at radius 1 is 1.04 bits per heavy atom. The third-order valence-corrected chi connectivity index (χ3v) is 5.42. The zero-order valence-electron chi connectivity index (χ0n) is 15.4. The van der Waals surface area contributed by atoms with E-state index in [0.717, 1.165) is 23.5 Å². The van der Waals surface area contributed by atoms with Gasteiger partial charge in [-0.05, 0) is 43.4 Å². The van der Waals surface area contributed by atoms with Crippen molar-refractivity contribution in [2.45, 2.75) is 39.4 Å². The lowest BCUT2D eigenvalue weighted by atomic mass is 9.85. The van der Waals surface area contributed by atoms with Crippen molar-refractivity contribution in [2.75, 3.05) is 0 Å². The summed E-state index contributed by atoms with van der Waals surface area (Å²) in [5, 5.41) is 2.45. The van der Waals surface area contributed by atoms with Crippen molar-refractivity contribution in [3.8, 4) is 22.6 Å². The highest BCUT2D eigenvalue weighted by Crippen LogP contribution is 2.49. The summed E-state index contributed by atoms with van der Waals surface area (Å²) in [7, 11) is 0. The first-order chi connectivity index (χ1) is 12.6. The smallest absolute Gasteiger partial charge is 0.136 e. The van der Waals surface area contributed by atoms with Crippen LogP contribution in [0.4, 0.5) is 0 Å². The Kier molecular flexibility index (Phi) is 3.21. The normalized spacial score (nSPS) is 16.3. The van der Waals surface area contributed by atoms with E-state index in [-0.39, 0.29) is 5.60 Å². The van der Waals surface area contributed by atoms with E-state index in [4.69, 9.17) is 9.47 Å². The Hall–Kier alpha value is -2.74. The van der Waals surface area contributed by atoms with Crippen LogP contribution in [0.5, 0.6) is 11.5 Å². The zero-order valence-corrected chi connectivity index (χ0v) is 15.4. The van der Waals surface area contributed by atoms with Gasteiger partial charge in [-0.2, -0.15) is 0 Å². The zero-order chi connectivity index (χ0) is 17.9. The van der Waals surface area contributed by atoms with E-state index in [9.17, 15) is 0 Å². The second kappa shape index (κ2) is 5.38. The molecule has 2 heterocycles. The average molecular weight is 342 g/mol. The first-order valence-corrected chi connectivity index (χ1v) is 9.29. The third kappa shape index (κ3) is 2.18. The lowest BCUT2D eigenvalue weighted by molar-refractivity contribution is 0.161. The first-order valence-electron chi connectivity index (χ1n) is 9.29. The summed E-state index contributed by atoms with van der Waals surface area (Å²) in [5.74, 6) is 1.95. The van der Waals surface area contributed by atoms with Gasteiger partial charge in [0.25, 0.3) is 0 Å². The van der Waals surface area contributed by atoms with Crippen LogP contribution < -0.4 is 9.47 Å². The van der Waals surface area contributed by atoms with Crippen LogP contribution in [-0.4, -0.2) is 5.60 Å². The van der Waals surface area contributed by atoms with Crippen molar-refractivity contribution in [2.24, 2.45) is 0 Å². The van der Waals surface area contributed by atoms with Crippen LogP contribution in [0.3, 0.4) is 0 Å². The number of benzene rings is 3. The Morgan fingerprint density at radius 2 is 1.88 bits per heavy atom. The SMILES string of the molecule is CCc1ccc2c3c(c4c(c2c1)-c1ccccc1OC4)C=CC(C)(C)O3. The fourth-order valence-corrected chi connectivity index (χ4v) is 4.07. The molecule has 2 heteroatoms. The van der Waals surface area contributed by atoms with E-state index in [1.165, 1.54) is 33.0 Å². The minimum atomic E-state index is -0.301. The van der Waals surface area contributed by atoms with Gasteiger partial charge in [0.15, 0.2) is 0 Å². The molecule has 3 aromatic rings. The van der Waals surface area contributed by atoms with Gasteiger partial charge in [0, 0.05) is 27.6 Å². The number of fused-ring (bicyclic) bond motifs is 8. The van der Waals surface area contributed by atoms with Crippen molar-refractivity contribution in [1.82, 2.24) is 0 Å². The van der Waals surface area contributed by atoms with Gasteiger partial charge in [0.2, 0.25) is 0 Å². The topological polar surface area (TPSA) is 18.5 Å². The van der Waals surface area contributed by atoms with Gasteiger partial charge in [-0.1, -0.05) is 49.4 Å². The molecule has 2 nitrogen and oxygen atoms in total. The van der Waals surface area contributed by atoms with Crippen molar-refractivity contribution in [3.63, 3.8) is 0 Å². The molecule has 2 aliphatic rings. The highest BCUT2D eigenvalue weighted by molar-refractivity contribution is 6.06. The standard InChI is InChI=1S/C24H22O2/c1-4-15-9-10-16-19(13-15)22-18-7-5-6-8-21(18)25-14-20(22)17-11-12-24(2,3)26-23(16)17/h5-13H,4,14H2,1-3H3. The molecule has 26 heavy (non-hydrogen) atoms. The summed E-state index contributed by atoms with van der Waals surface area (Å²) in [6, 6.07) is 15.1. The van der Waals surface area contributed by atoms with E-state index in [1.807, 2.05) is 6.07 Å². The molecule has 0 spiro atoms. The van der Waals surface area contributed by atoms with Crippen LogP contribution in [-0.2, 0) is 13.0 Å². The maximum absolute atomic E-state index is 6.42. The van der Waals surface area contributed by atoms with Crippen molar-refractivity contribution in [3.05, 3.63) is 65.2 Å². The number of hydrogen-bond acceptors (Lipinski definition) is 2. The maximum Gasteiger partial charge on any atom is 0.136 e. The first kappa shape index (κ1) is 15.5. The van der Waals surface area contributed by atoms with E-state index < -0.39 is 0 Å². The Labute approximate surface area is 154 Å². The van der Waals surface area contributed by atoms with Gasteiger partial charge in [0.05, 0.1) is 0 Å². The van der Waals surface area contributed by atoms with E-state index in [0.29, 0.717) is 6.61 Å². The fraction of sp³-hybridized carbons (Fsp3) is 0.250. The number of hydrogen-bond donors (Lipinski definition) is 0. The van der Waals surface area contributed by atoms with Crippen LogP contribution in [0.2, 0.25) is 0 Å². The molecule has 2 aliphatic heterocycles. The van der Waals surface area contributed by atoms with Gasteiger partial charge in [0.1, 0.15) is 23.7 Å². The summed E-state index contributed by atoms with van der Waals surface area (Å²) in [6.45, 7) is 6.98.